The Hall–Kier alpha value is -0.860. The Morgan fingerprint density at radius 2 is 1.89 bits per heavy atom. The van der Waals surface area contributed by atoms with E-state index in [1.165, 1.54) is 35.8 Å². The lowest BCUT2D eigenvalue weighted by Gasteiger charge is -2.29. The summed E-state index contributed by atoms with van der Waals surface area (Å²) in [7, 11) is 0. The molecule has 0 amide bonds. The van der Waals surface area contributed by atoms with Crippen LogP contribution in [0.1, 0.15) is 43.6 Å². The number of hydrogen-bond acceptors (Lipinski definition) is 2. The van der Waals surface area contributed by atoms with Gasteiger partial charge in [0.05, 0.1) is 6.10 Å². The summed E-state index contributed by atoms with van der Waals surface area (Å²) in [5.74, 6) is 1.31. The molecule has 1 unspecified atom stereocenters. The normalized spacial score (nSPS) is 26.3. The summed E-state index contributed by atoms with van der Waals surface area (Å²) < 4.78 is 1.29. The minimum atomic E-state index is -0.255. The van der Waals surface area contributed by atoms with E-state index in [1.54, 1.807) is 11.3 Å². The Morgan fingerprint density at radius 3 is 2.61 bits per heavy atom. The number of aliphatic hydroxyl groups excluding tert-OH is 1. The summed E-state index contributed by atoms with van der Waals surface area (Å²) >= 11 is 1.75. The second kappa shape index (κ2) is 5.02. The molecule has 1 aliphatic rings. The van der Waals surface area contributed by atoms with Gasteiger partial charge in [-0.25, -0.2) is 0 Å². The lowest BCUT2D eigenvalue weighted by molar-refractivity contribution is 0.0785. The molecule has 1 atom stereocenters. The first-order valence-corrected chi connectivity index (χ1v) is 7.72. The first-order chi connectivity index (χ1) is 8.74. The number of rotatable bonds is 2. The molecule has 0 saturated heterocycles. The van der Waals surface area contributed by atoms with E-state index in [1.807, 2.05) is 0 Å². The first-order valence-electron chi connectivity index (χ1n) is 6.90. The van der Waals surface area contributed by atoms with E-state index in [2.05, 4.69) is 37.3 Å². The molecule has 2 heteroatoms. The van der Waals surface area contributed by atoms with Gasteiger partial charge >= 0.3 is 0 Å². The maximum Gasteiger partial charge on any atom is 0.0910 e. The van der Waals surface area contributed by atoms with Gasteiger partial charge in [0.25, 0.3) is 0 Å². The fraction of sp³-hybridized carbons (Fsp3) is 0.500. The molecule has 1 aliphatic carbocycles. The van der Waals surface area contributed by atoms with Crippen molar-refractivity contribution in [3.8, 4) is 0 Å². The van der Waals surface area contributed by atoms with E-state index in [-0.39, 0.29) is 6.10 Å². The number of benzene rings is 1. The summed E-state index contributed by atoms with van der Waals surface area (Å²) in [4.78, 5) is 1.15. The Balaban J connectivity index is 1.81. The molecule has 2 aromatic rings. The van der Waals surface area contributed by atoms with E-state index in [4.69, 9.17) is 0 Å². The van der Waals surface area contributed by atoms with Crippen molar-refractivity contribution >= 4 is 21.4 Å². The number of aliphatic hydroxyl groups is 1. The zero-order valence-electron chi connectivity index (χ0n) is 10.8. The van der Waals surface area contributed by atoms with Crippen molar-refractivity contribution in [3.05, 3.63) is 35.2 Å². The Labute approximate surface area is 112 Å². The van der Waals surface area contributed by atoms with Crippen LogP contribution in [0.15, 0.2) is 30.3 Å². The van der Waals surface area contributed by atoms with Crippen LogP contribution in [0, 0.1) is 11.8 Å². The Morgan fingerprint density at radius 1 is 1.17 bits per heavy atom. The largest absolute Gasteiger partial charge is 0.387 e. The highest BCUT2D eigenvalue weighted by atomic mass is 32.1. The molecular weight excluding hydrogens is 240 g/mol. The highest BCUT2D eigenvalue weighted by Gasteiger charge is 2.26. The summed E-state index contributed by atoms with van der Waals surface area (Å²) in [5, 5.41) is 11.8. The maximum atomic E-state index is 10.5. The minimum absolute atomic E-state index is 0.255. The topological polar surface area (TPSA) is 20.2 Å². The fourth-order valence-corrected chi connectivity index (χ4v) is 4.13. The van der Waals surface area contributed by atoms with Crippen LogP contribution in [-0.4, -0.2) is 5.11 Å². The molecule has 1 aromatic carbocycles. The van der Waals surface area contributed by atoms with Gasteiger partial charge in [-0.3, -0.25) is 0 Å². The van der Waals surface area contributed by atoms with Gasteiger partial charge in [-0.2, -0.15) is 0 Å². The molecule has 0 bridgehead atoms. The number of hydrogen-bond donors (Lipinski definition) is 1. The third-order valence-electron chi connectivity index (χ3n) is 4.24. The quantitative estimate of drug-likeness (QED) is 0.825. The molecule has 3 rings (SSSR count). The zero-order valence-corrected chi connectivity index (χ0v) is 11.6. The lowest BCUT2D eigenvalue weighted by atomic mass is 9.80. The molecule has 1 nitrogen and oxygen atoms in total. The van der Waals surface area contributed by atoms with Gasteiger partial charge in [-0.05, 0) is 42.2 Å². The summed E-state index contributed by atoms with van der Waals surface area (Å²) in [5.41, 5.74) is 0. The molecule has 96 valence electrons. The summed E-state index contributed by atoms with van der Waals surface area (Å²) in [6.45, 7) is 2.32. The summed E-state index contributed by atoms with van der Waals surface area (Å²) in [6, 6.07) is 10.6. The molecule has 1 saturated carbocycles. The molecule has 0 radical (unpaired) electrons. The van der Waals surface area contributed by atoms with Gasteiger partial charge in [0.15, 0.2) is 0 Å². The van der Waals surface area contributed by atoms with E-state index in [0.717, 1.165) is 10.8 Å². The van der Waals surface area contributed by atoms with Crippen molar-refractivity contribution in [3.63, 3.8) is 0 Å². The highest BCUT2D eigenvalue weighted by molar-refractivity contribution is 7.19. The average Bonchev–Trinajstić information content (AvgIpc) is 2.82. The van der Waals surface area contributed by atoms with Crippen molar-refractivity contribution in [2.75, 3.05) is 0 Å². The van der Waals surface area contributed by atoms with E-state index in [0.29, 0.717) is 5.92 Å². The van der Waals surface area contributed by atoms with E-state index >= 15 is 0 Å². The third kappa shape index (κ3) is 2.32. The van der Waals surface area contributed by atoms with Crippen molar-refractivity contribution in [2.24, 2.45) is 11.8 Å². The van der Waals surface area contributed by atoms with Gasteiger partial charge < -0.3 is 5.11 Å². The fourth-order valence-electron chi connectivity index (χ4n) is 2.98. The summed E-state index contributed by atoms with van der Waals surface area (Å²) in [6.07, 6.45) is 4.64. The van der Waals surface area contributed by atoms with Crippen LogP contribution in [-0.2, 0) is 0 Å². The number of thiophene rings is 1. The minimum Gasteiger partial charge on any atom is -0.387 e. The Bertz CT molecular complexity index is 490. The molecule has 18 heavy (non-hydrogen) atoms. The molecule has 0 aliphatic heterocycles. The van der Waals surface area contributed by atoms with Crippen LogP contribution >= 0.6 is 11.3 Å². The van der Waals surface area contributed by atoms with Gasteiger partial charge in [-0.1, -0.05) is 38.0 Å². The molecule has 1 fully saturated rings. The lowest BCUT2D eigenvalue weighted by Crippen LogP contribution is -2.18. The van der Waals surface area contributed by atoms with E-state index in [9.17, 15) is 5.11 Å². The van der Waals surface area contributed by atoms with Crippen LogP contribution in [0.5, 0.6) is 0 Å². The van der Waals surface area contributed by atoms with Crippen molar-refractivity contribution < 1.29 is 5.11 Å². The van der Waals surface area contributed by atoms with Crippen molar-refractivity contribution in [2.45, 2.75) is 38.7 Å². The molecular formula is C16H20OS. The van der Waals surface area contributed by atoms with Crippen molar-refractivity contribution in [1.29, 1.82) is 0 Å². The first kappa shape index (κ1) is 12.2. The van der Waals surface area contributed by atoms with E-state index < -0.39 is 0 Å². The van der Waals surface area contributed by atoms with Crippen LogP contribution in [0.25, 0.3) is 10.1 Å². The molecule has 1 N–H and O–H groups in total. The van der Waals surface area contributed by atoms with Gasteiger partial charge in [0, 0.05) is 9.58 Å². The van der Waals surface area contributed by atoms with Crippen LogP contribution in [0.2, 0.25) is 0 Å². The highest BCUT2D eigenvalue weighted by Crippen LogP contribution is 2.40. The predicted octanol–water partition coefficient (Wildman–Crippen LogP) is 4.76. The SMILES string of the molecule is CC1CCC(C(O)c2cc3ccccc3s2)CC1. The number of fused-ring (bicyclic) bond motifs is 1. The zero-order chi connectivity index (χ0) is 12.5. The average molecular weight is 260 g/mol. The Kier molecular flexibility index (Phi) is 3.40. The third-order valence-corrected chi connectivity index (χ3v) is 5.43. The van der Waals surface area contributed by atoms with Gasteiger partial charge in [0.2, 0.25) is 0 Å². The van der Waals surface area contributed by atoms with Crippen LogP contribution in [0.3, 0.4) is 0 Å². The molecule has 0 spiro atoms. The standard InChI is InChI=1S/C16H20OS/c1-11-6-8-12(9-7-11)16(17)15-10-13-4-2-3-5-14(13)18-15/h2-5,10-12,16-17H,6-9H2,1H3. The molecule has 1 aromatic heterocycles. The van der Waals surface area contributed by atoms with Crippen LogP contribution < -0.4 is 0 Å². The van der Waals surface area contributed by atoms with Crippen LogP contribution in [0.4, 0.5) is 0 Å². The maximum absolute atomic E-state index is 10.5. The van der Waals surface area contributed by atoms with Crippen molar-refractivity contribution in [1.82, 2.24) is 0 Å². The smallest absolute Gasteiger partial charge is 0.0910 e. The second-order valence-corrected chi connectivity index (χ2v) is 6.77. The van der Waals surface area contributed by atoms with Gasteiger partial charge in [-0.15, -0.1) is 11.3 Å². The monoisotopic (exact) mass is 260 g/mol. The molecule has 1 heterocycles. The second-order valence-electron chi connectivity index (χ2n) is 5.65. The van der Waals surface area contributed by atoms with Gasteiger partial charge in [0.1, 0.15) is 0 Å². The predicted molar refractivity (Wildman–Crippen MR) is 77.9 cm³/mol.